The third-order valence-electron chi connectivity index (χ3n) is 5.59. The maximum absolute atomic E-state index is 2.57. The second-order valence-corrected chi connectivity index (χ2v) is 7.16. The van der Waals surface area contributed by atoms with Gasteiger partial charge in [0.1, 0.15) is 0 Å². The van der Waals surface area contributed by atoms with E-state index in [1.54, 1.807) is 0 Å². The summed E-state index contributed by atoms with van der Waals surface area (Å²) in [6.45, 7) is 6.87. The van der Waals surface area contributed by atoms with Crippen molar-refractivity contribution in [3.63, 3.8) is 0 Å². The van der Waals surface area contributed by atoms with E-state index in [9.17, 15) is 0 Å². The van der Waals surface area contributed by atoms with Crippen LogP contribution in [0.3, 0.4) is 0 Å². The quantitative estimate of drug-likeness (QED) is 0.594. The van der Waals surface area contributed by atoms with E-state index in [0.717, 1.165) is 0 Å². The molecule has 1 heterocycles. The van der Waals surface area contributed by atoms with E-state index in [-0.39, 0.29) is 6.17 Å². The van der Waals surface area contributed by atoms with Gasteiger partial charge in [0.15, 0.2) is 0 Å². The third-order valence-corrected chi connectivity index (χ3v) is 5.59. The Hall–Kier alpha value is -2.74. The SMILES string of the molecule is Cc1ccccc1N1C(C)N(c2ccccc2)C(c2ccccc2)[C@@H]1C. The highest BCUT2D eigenvalue weighted by atomic mass is 15.5. The molecule has 0 radical (unpaired) electrons. The van der Waals surface area contributed by atoms with Crippen LogP contribution in [0.5, 0.6) is 0 Å². The molecule has 0 N–H and O–H groups in total. The molecule has 0 spiro atoms. The Morgan fingerprint density at radius 3 is 1.88 bits per heavy atom. The van der Waals surface area contributed by atoms with Gasteiger partial charge in [0, 0.05) is 11.4 Å². The molecule has 2 unspecified atom stereocenters. The Bertz CT molecular complexity index is 808. The van der Waals surface area contributed by atoms with Gasteiger partial charge in [-0.05, 0) is 50.1 Å². The van der Waals surface area contributed by atoms with Gasteiger partial charge in [-0.2, -0.15) is 0 Å². The van der Waals surface area contributed by atoms with E-state index in [4.69, 9.17) is 0 Å². The van der Waals surface area contributed by atoms with Gasteiger partial charge in [-0.1, -0.05) is 66.7 Å². The summed E-state index contributed by atoms with van der Waals surface area (Å²) in [5, 5.41) is 0. The highest BCUT2D eigenvalue weighted by Crippen LogP contribution is 2.43. The Labute approximate surface area is 156 Å². The van der Waals surface area contributed by atoms with Crippen molar-refractivity contribution in [1.29, 1.82) is 0 Å². The van der Waals surface area contributed by atoms with Crippen molar-refractivity contribution in [2.75, 3.05) is 9.80 Å². The van der Waals surface area contributed by atoms with E-state index in [1.807, 2.05) is 0 Å². The first-order valence-electron chi connectivity index (χ1n) is 9.41. The van der Waals surface area contributed by atoms with Crippen molar-refractivity contribution in [2.45, 2.75) is 39.0 Å². The summed E-state index contributed by atoms with van der Waals surface area (Å²) in [5.74, 6) is 0. The first kappa shape index (κ1) is 16.7. The predicted octanol–water partition coefficient (Wildman–Crippen LogP) is 5.80. The minimum absolute atomic E-state index is 0.277. The van der Waals surface area contributed by atoms with Crippen LogP contribution in [0.2, 0.25) is 0 Å². The molecule has 4 rings (SSSR count). The molecular weight excluding hydrogens is 316 g/mol. The Morgan fingerprint density at radius 2 is 1.23 bits per heavy atom. The van der Waals surface area contributed by atoms with Crippen molar-refractivity contribution in [1.82, 2.24) is 0 Å². The molecule has 1 aliphatic rings. The van der Waals surface area contributed by atoms with E-state index in [2.05, 4.69) is 116 Å². The van der Waals surface area contributed by atoms with E-state index >= 15 is 0 Å². The zero-order valence-electron chi connectivity index (χ0n) is 15.7. The summed E-state index contributed by atoms with van der Waals surface area (Å²) < 4.78 is 0. The van der Waals surface area contributed by atoms with Crippen LogP contribution < -0.4 is 9.80 Å². The van der Waals surface area contributed by atoms with Crippen molar-refractivity contribution in [2.24, 2.45) is 0 Å². The largest absolute Gasteiger partial charge is 0.346 e. The van der Waals surface area contributed by atoms with Crippen LogP contribution in [0.4, 0.5) is 11.4 Å². The van der Waals surface area contributed by atoms with Crippen LogP contribution in [0.15, 0.2) is 84.9 Å². The maximum atomic E-state index is 2.57. The summed E-state index contributed by atoms with van der Waals surface area (Å²) in [4.78, 5) is 5.13. The lowest BCUT2D eigenvalue weighted by Crippen LogP contribution is -2.38. The Morgan fingerprint density at radius 1 is 0.654 bits per heavy atom. The van der Waals surface area contributed by atoms with Crippen molar-refractivity contribution >= 4 is 11.4 Å². The van der Waals surface area contributed by atoms with Crippen LogP contribution in [-0.2, 0) is 0 Å². The minimum atomic E-state index is 0.277. The molecule has 3 aromatic carbocycles. The molecule has 3 aromatic rings. The minimum Gasteiger partial charge on any atom is -0.346 e. The molecule has 2 nitrogen and oxygen atoms in total. The zero-order chi connectivity index (χ0) is 18.1. The van der Waals surface area contributed by atoms with Gasteiger partial charge < -0.3 is 9.80 Å². The molecule has 1 saturated heterocycles. The molecule has 0 aliphatic carbocycles. The first-order chi connectivity index (χ1) is 12.7. The smallest absolute Gasteiger partial charge is 0.0997 e. The van der Waals surface area contributed by atoms with Gasteiger partial charge in [-0.15, -0.1) is 0 Å². The van der Waals surface area contributed by atoms with Crippen molar-refractivity contribution in [3.8, 4) is 0 Å². The molecule has 0 bridgehead atoms. The second kappa shape index (κ2) is 6.87. The molecule has 1 fully saturated rings. The molecule has 0 saturated carbocycles. The van der Waals surface area contributed by atoms with Gasteiger partial charge in [0.25, 0.3) is 0 Å². The second-order valence-electron chi connectivity index (χ2n) is 7.16. The zero-order valence-corrected chi connectivity index (χ0v) is 15.7. The Balaban J connectivity index is 1.84. The highest BCUT2D eigenvalue weighted by molar-refractivity contribution is 5.63. The molecule has 1 aliphatic heterocycles. The average molecular weight is 342 g/mol. The summed E-state index contributed by atoms with van der Waals surface area (Å²) >= 11 is 0. The number of hydrogen-bond donors (Lipinski definition) is 0. The first-order valence-corrected chi connectivity index (χ1v) is 9.41. The number of para-hydroxylation sites is 2. The summed E-state index contributed by atoms with van der Waals surface area (Å²) in [6, 6.07) is 31.1. The number of aryl methyl sites for hydroxylation is 1. The predicted molar refractivity (Wildman–Crippen MR) is 111 cm³/mol. The van der Waals surface area contributed by atoms with Crippen molar-refractivity contribution in [3.05, 3.63) is 96.1 Å². The number of rotatable bonds is 3. The third kappa shape index (κ3) is 2.76. The molecular formula is C24H26N2. The van der Waals surface area contributed by atoms with E-state index < -0.39 is 0 Å². The molecule has 0 amide bonds. The van der Waals surface area contributed by atoms with Crippen LogP contribution >= 0.6 is 0 Å². The lowest BCUT2D eigenvalue weighted by molar-refractivity contribution is 0.632. The van der Waals surface area contributed by atoms with Crippen LogP contribution in [0, 0.1) is 6.92 Å². The fraction of sp³-hybridized carbons (Fsp3) is 0.250. The summed E-state index contributed by atoms with van der Waals surface area (Å²) in [7, 11) is 0. The maximum Gasteiger partial charge on any atom is 0.0997 e. The van der Waals surface area contributed by atoms with Crippen molar-refractivity contribution < 1.29 is 0 Å². The fourth-order valence-corrected chi connectivity index (χ4v) is 4.43. The average Bonchev–Trinajstić information content (AvgIpc) is 2.94. The monoisotopic (exact) mass is 342 g/mol. The lowest BCUT2D eigenvalue weighted by atomic mass is 9.99. The Kier molecular flexibility index (Phi) is 4.42. The van der Waals surface area contributed by atoms with E-state index in [0.29, 0.717) is 12.1 Å². The van der Waals surface area contributed by atoms with Gasteiger partial charge >= 0.3 is 0 Å². The molecule has 26 heavy (non-hydrogen) atoms. The van der Waals surface area contributed by atoms with Crippen LogP contribution in [0.1, 0.15) is 31.0 Å². The number of benzene rings is 3. The molecule has 2 heteroatoms. The number of hydrogen-bond acceptors (Lipinski definition) is 2. The molecule has 3 atom stereocenters. The fourth-order valence-electron chi connectivity index (χ4n) is 4.43. The summed E-state index contributed by atoms with van der Waals surface area (Å²) in [5.41, 5.74) is 5.29. The molecule has 132 valence electrons. The van der Waals surface area contributed by atoms with Gasteiger partial charge in [0.05, 0.1) is 18.2 Å². The standard InChI is InChI=1S/C24H26N2/c1-18-12-10-11-17-23(18)25-19(2)24(21-13-6-4-7-14-21)26(20(25)3)22-15-8-5-9-16-22/h4-17,19-20,24H,1-3H3/t19-,20?,24?/m0/s1. The van der Waals surface area contributed by atoms with Crippen LogP contribution in [-0.4, -0.2) is 12.2 Å². The van der Waals surface area contributed by atoms with Gasteiger partial charge in [-0.3, -0.25) is 0 Å². The van der Waals surface area contributed by atoms with Gasteiger partial charge in [-0.25, -0.2) is 0 Å². The molecule has 0 aromatic heterocycles. The van der Waals surface area contributed by atoms with Gasteiger partial charge in [0.2, 0.25) is 0 Å². The van der Waals surface area contributed by atoms with Crippen LogP contribution in [0.25, 0.3) is 0 Å². The van der Waals surface area contributed by atoms with E-state index in [1.165, 1.54) is 22.5 Å². The highest BCUT2D eigenvalue weighted by Gasteiger charge is 2.43. The lowest BCUT2D eigenvalue weighted by Gasteiger charge is -2.32. The number of nitrogens with zero attached hydrogens (tertiary/aromatic N) is 2. The summed E-state index contributed by atoms with van der Waals surface area (Å²) in [6.07, 6.45) is 0.277. The number of anilines is 2. The normalized spacial score (nSPS) is 22.7. The topological polar surface area (TPSA) is 6.48 Å².